The molecule has 0 bridgehead atoms. The molecule has 0 aliphatic heterocycles. The van der Waals surface area contributed by atoms with E-state index in [9.17, 15) is 4.79 Å². The second-order valence-corrected chi connectivity index (χ2v) is 6.06. The Morgan fingerprint density at radius 3 is 2.75 bits per heavy atom. The normalized spacial score (nSPS) is 11.3. The summed E-state index contributed by atoms with van der Waals surface area (Å²) >= 11 is 0. The number of hydrogen-bond acceptors (Lipinski definition) is 5. The highest BCUT2D eigenvalue weighted by Crippen LogP contribution is 2.22. The monoisotopic (exact) mass is 324 g/mol. The van der Waals surface area contributed by atoms with E-state index in [0.717, 1.165) is 27.9 Å². The molecule has 24 heavy (non-hydrogen) atoms. The minimum absolute atomic E-state index is 0.0197. The van der Waals surface area contributed by atoms with Crippen LogP contribution in [0.4, 0.5) is 0 Å². The molecule has 0 amide bonds. The molecule has 6 nitrogen and oxygen atoms in total. The number of ketones is 1. The average molecular weight is 324 g/mol. The van der Waals surface area contributed by atoms with Crippen molar-refractivity contribution in [2.45, 2.75) is 26.4 Å². The molecule has 0 unspecified atom stereocenters. The highest BCUT2D eigenvalue weighted by molar-refractivity contribution is 5.85. The van der Waals surface area contributed by atoms with Gasteiger partial charge in [0.2, 0.25) is 0 Å². The second kappa shape index (κ2) is 6.88. The van der Waals surface area contributed by atoms with Crippen molar-refractivity contribution in [3.8, 4) is 11.3 Å². The van der Waals surface area contributed by atoms with Crippen molar-refractivity contribution < 1.29 is 9.53 Å². The lowest BCUT2D eigenvalue weighted by molar-refractivity contribution is -0.124. The van der Waals surface area contributed by atoms with Crippen molar-refractivity contribution in [3.63, 3.8) is 0 Å². The van der Waals surface area contributed by atoms with Crippen molar-refractivity contribution in [2.75, 3.05) is 6.61 Å². The van der Waals surface area contributed by atoms with Gasteiger partial charge in [0.25, 0.3) is 0 Å². The quantitative estimate of drug-likeness (QED) is 0.697. The van der Waals surface area contributed by atoms with Crippen LogP contribution in [0.1, 0.15) is 19.5 Å². The van der Waals surface area contributed by atoms with Crippen LogP contribution in [-0.2, 0) is 23.0 Å². The third-order valence-corrected chi connectivity index (χ3v) is 3.69. The molecule has 3 aromatic rings. The minimum Gasteiger partial charge on any atom is -0.371 e. The predicted molar refractivity (Wildman–Crippen MR) is 91.5 cm³/mol. The van der Waals surface area contributed by atoms with Crippen molar-refractivity contribution >= 4 is 16.7 Å². The fraction of sp³-hybridized carbons (Fsp3) is 0.333. The van der Waals surface area contributed by atoms with Gasteiger partial charge in [-0.2, -0.15) is 0 Å². The third kappa shape index (κ3) is 3.65. The molecule has 0 aliphatic rings. The summed E-state index contributed by atoms with van der Waals surface area (Å²) in [7, 11) is 1.94. The van der Waals surface area contributed by atoms with Gasteiger partial charge >= 0.3 is 0 Å². The minimum atomic E-state index is 0.0197. The third-order valence-electron chi connectivity index (χ3n) is 3.69. The molecule has 3 heterocycles. The van der Waals surface area contributed by atoms with Crippen LogP contribution < -0.4 is 0 Å². The maximum atomic E-state index is 12.0. The highest BCUT2D eigenvalue weighted by atomic mass is 16.5. The number of carbonyl (C=O) groups excluding carboxylic acids is 1. The fourth-order valence-corrected chi connectivity index (χ4v) is 2.46. The standard InChI is InChI=1S/C18H20N4O2/c1-12(2)24-10-16(23)6-15-5-13-4-14(7-21-17(13)8-20-15)18-9-19-11-22(18)3/h4-5,7-9,11-12H,6,10H2,1-3H3. The van der Waals surface area contributed by atoms with Crippen LogP contribution in [0.25, 0.3) is 22.2 Å². The lowest BCUT2D eigenvalue weighted by atomic mass is 10.1. The number of ether oxygens (including phenoxy) is 1. The van der Waals surface area contributed by atoms with E-state index in [0.29, 0.717) is 0 Å². The molecule has 3 rings (SSSR count). The second-order valence-electron chi connectivity index (χ2n) is 6.06. The zero-order chi connectivity index (χ0) is 17.1. The lowest BCUT2D eigenvalue weighted by Gasteiger charge is -2.07. The van der Waals surface area contributed by atoms with Gasteiger partial charge in [-0.15, -0.1) is 0 Å². The number of fused-ring (bicyclic) bond motifs is 1. The SMILES string of the molecule is CC(C)OCC(=O)Cc1cc2cc(-c3cncn3C)cnc2cn1. The van der Waals surface area contributed by atoms with Crippen molar-refractivity contribution in [1.29, 1.82) is 0 Å². The number of carbonyl (C=O) groups is 1. The number of hydrogen-bond donors (Lipinski definition) is 0. The Labute approximate surface area is 140 Å². The van der Waals surface area contributed by atoms with Crippen molar-refractivity contribution in [1.82, 2.24) is 19.5 Å². The summed E-state index contributed by atoms with van der Waals surface area (Å²) in [6.07, 6.45) is 7.38. The number of rotatable bonds is 6. The molecule has 0 radical (unpaired) electrons. The van der Waals surface area contributed by atoms with Crippen molar-refractivity contribution in [2.24, 2.45) is 7.05 Å². The molecule has 124 valence electrons. The van der Waals surface area contributed by atoms with Gasteiger partial charge in [0.1, 0.15) is 6.61 Å². The van der Waals surface area contributed by atoms with Gasteiger partial charge in [-0.1, -0.05) is 0 Å². The molecule has 0 aromatic carbocycles. The van der Waals surface area contributed by atoms with E-state index in [1.54, 1.807) is 18.7 Å². The summed E-state index contributed by atoms with van der Waals surface area (Å²) < 4.78 is 7.29. The maximum Gasteiger partial charge on any atom is 0.164 e. The van der Waals surface area contributed by atoms with Gasteiger partial charge in [-0.25, -0.2) is 4.98 Å². The summed E-state index contributed by atoms with van der Waals surface area (Å²) in [6, 6.07) is 3.95. The number of aryl methyl sites for hydroxylation is 1. The number of Topliss-reactive ketones (excluding diaryl/α,β-unsaturated/α-hetero) is 1. The first kappa shape index (κ1) is 16.3. The Balaban J connectivity index is 1.84. The zero-order valence-corrected chi connectivity index (χ0v) is 14.1. The van der Waals surface area contributed by atoms with E-state index in [-0.39, 0.29) is 24.9 Å². The molecule has 6 heteroatoms. The zero-order valence-electron chi connectivity index (χ0n) is 14.1. The molecular weight excluding hydrogens is 304 g/mol. The lowest BCUT2D eigenvalue weighted by Crippen LogP contribution is -2.15. The van der Waals surface area contributed by atoms with E-state index >= 15 is 0 Å². The topological polar surface area (TPSA) is 69.9 Å². The van der Waals surface area contributed by atoms with Gasteiger partial charge < -0.3 is 9.30 Å². The molecule has 0 saturated heterocycles. The highest BCUT2D eigenvalue weighted by Gasteiger charge is 2.09. The van der Waals surface area contributed by atoms with E-state index in [4.69, 9.17) is 4.74 Å². The molecule has 0 saturated carbocycles. The van der Waals surface area contributed by atoms with Crippen LogP contribution in [0, 0.1) is 0 Å². The van der Waals surface area contributed by atoms with Crippen LogP contribution in [0.5, 0.6) is 0 Å². The Morgan fingerprint density at radius 2 is 2.04 bits per heavy atom. The predicted octanol–water partition coefficient (Wildman–Crippen LogP) is 2.57. The first-order valence-corrected chi connectivity index (χ1v) is 7.87. The van der Waals surface area contributed by atoms with Crippen LogP contribution in [0.3, 0.4) is 0 Å². The van der Waals surface area contributed by atoms with Crippen LogP contribution in [0.2, 0.25) is 0 Å². The van der Waals surface area contributed by atoms with Crippen LogP contribution in [0.15, 0.2) is 37.1 Å². The Hall–Kier alpha value is -2.60. The first-order chi connectivity index (χ1) is 11.5. The summed E-state index contributed by atoms with van der Waals surface area (Å²) in [5.74, 6) is 0.0197. The van der Waals surface area contributed by atoms with Gasteiger partial charge in [-0.3, -0.25) is 14.8 Å². The Bertz CT molecular complexity index is 870. The van der Waals surface area contributed by atoms with Crippen molar-refractivity contribution in [3.05, 3.63) is 42.7 Å². The Morgan fingerprint density at radius 1 is 1.21 bits per heavy atom. The molecule has 0 fully saturated rings. The molecule has 0 N–H and O–H groups in total. The first-order valence-electron chi connectivity index (χ1n) is 7.87. The number of nitrogens with zero attached hydrogens (tertiary/aromatic N) is 4. The van der Waals surface area contributed by atoms with Crippen LogP contribution >= 0.6 is 0 Å². The summed E-state index contributed by atoms with van der Waals surface area (Å²) in [5.41, 5.74) is 3.50. The maximum absolute atomic E-state index is 12.0. The molecule has 0 aliphatic carbocycles. The summed E-state index contributed by atoms with van der Waals surface area (Å²) in [4.78, 5) is 24.9. The smallest absolute Gasteiger partial charge is 0.164 e. The molecular formula is C18H20N4O2. The average Bonchev–Trinajstić information content (AvgIpc) is 2.98. The summed E-state index contributed by atoms with van der Waals surface area (Å²) in [6.45, 7) is 3.94. The fourth-order valence-electron chi connectivity index (χ4n) is 2.46. The van der Waals surface area contributed by atoms with E-state index in [1.165, 1.54) is 0 Å². The molecule has 0 spiro atoms. The number of imidazole rings is 1. The molecule has 3 aromatic heterocycles. The van der Waals surface area contributed by atoms with E-state index < -0.39 is 0 Å². The van der Waals surface area contributed by atoms with E-state index in [1.807, 2.05) is 43.8 Å². The van der Waals surface area contributed by atoms with E-state index in [2.05, 4.69) is 15.0 Å². The van der Waals surface area contributed by atoms with Gasteiger partial charge in [0.15, 0.2) is 5.78 Å². The number of aromatic nitrogens is 4. The van der Waals surface area contributed by atoms with Gasteiger partial charge in [0.05, 0.1) is 42.5 Å². The molecule has 0 atom stereocenters. The van der Waals surface area contributed by atoms with Crippen LogP contribution in [-0.4, -0.2) is 38.0 Å². The van der Waals surface area contributed by atoms with Gasteiger partial charge in [0, 0.05) is 29.9 Å². The van der Waals surface area contributed by atoms with Gasteiger partial charge in [-0.05, 0) is 26.0 Å². The summed E-state index contributed by atoms with van der Waals surface area (Å²) in [5, 5.41) is 0.955. The largest absolute Gasteiger partial charge is 0.371 e. The number of pyridine rings is 2. The Kier molecular flexibility index (Phi) is 4.66.